The van der Waals surface area contributed by atoms with Crippen molar-refractivity contribution in [2.24, 2.45) is 10.7 Å². The Morgan fingerprint density at radius 3 is 2.62 bits per heavy atom. The molecular weight excluding hydrogens is 605 g/mol. The molecule has 0 aliphatic rings. The molecule has 11 heteroatoms. The summed E-state index contributed by atoms with van der Waals surface area (Å²) in [6, 6.07) is 21.9. The molecule has 1 heterocycles. The van der Waals surface area contributed by atoms with Gasteiger partial charge in [-0.2, -0.15) is 4.99 Å². The first-order chi connectivity index (χ1) is 17.9. The summed E-state index contributed by atoms with van der Waals surface area (Å²) in [4.78, 5) is 24.6. The Bertz CT molecular complexity index is 1430. The van der Waals surface area contributed by atoms with E-state index in [1.54, 1.807) is 0 Å². The molecule has 4 aromatic rings. The molecular formula is C26H25ClIN7O2. The van der Waals surface area contributed by atoms with Crippen molar-refractivity contribution >= 4 is 68.5 Å². The summed E-state index contributed by atoms with van der Waals surface area (Å²) in [7, 11) is 0. The molecule has 0 saturated heterocycles. The number of rotatable bonds is 9. The number of carbonyl (C=O) groups excluding carboxylic acids is 1. The summed E-state index contributed by atoms with van der Waals surface area (Å²) < 4.78 is 7.04. The molecule has 37 heavy (non-hydrogen) atoms. The van der Waals surface area contributed by atoms with Crippen LogP contribution in [0, 0.1) is 3.57 Å². The van der Waals surface area contributed by atoms with Crippen molar-refractivity contribution in [2.75, 3.05) is 24.2 Å². The standard InChI is InChI=1S/C26H25ClIN7O2/c27-22-24(32-15-16-9-11-18(28)12-10-16)34-23(29)21(33-22)25(36)35-26(30)31-13-4-14-37-20-8-3-6-17-5-1-2-7-19(17)20/h1-3,5-12H,4,13-15H2,(H3,29,32,34)(H3,30,31,35,36). The van der Waals surface area contributed by atoms with Crippen molar-refractivity contribution in [1.82, 2.24) is 15.3 Å². The Balaban J connectivity index is 1.27. The lowest BCUT2D eigenvalue weighted by molar-refractivity contribution is 0.0998. The van der Waals surface area contributed by atoms with Crippen LogP contribution in [0.4, 0.5) is 11.6 Å². The van der Waals surface area contributed by atoms with Crippen molar-refractivity contribution in [3.8, 4) is 5.75 Å². The number of nitrogens with one attached hydrogen (secondary N) is 2. The van der Waals surface area contributed by atoms with Crippen LogP contribution in [0.3, 0.4) is 0 Å². The summed E-state index contributed by atoms with van der Waals surface area (Å²) in [6.07, 6.45) is 0.641. The SMILES string of the molecule is N/C(=N\C(=O)c1nc(Cl)c(NCc2ccc(I)cc2)nc1N)NCCCOc1cccc2ccccc12. The van der Waals surface area contributed by atoms with E-state index in [0.29, 0.717) is 26.1 Å². The van der Waals surface area contributed by atoms with Crippen molar-refractivity contribution in [1.29, 1.82) is 0 Å². The van der Waals surface area contributed by atoms with E-state index in [1.165, 1.54) is 0 Å². The van der Waals surface area contributed by atoms with Crippen molar-refractivity contribution in [2.45, 2.75) is 13.0 Å². The molecule has 1 aromatic heterocycles. The van der Waals surface area contributed by atoms with Crippen LogP contribution < -0.4 is 26.8 Å². The van der Waals surface area contributed by atoms with Gasteiger partial charge in [-0.3, -0.25) is 4.79 Å². The van der Waals surface area contributed by atoms with E-state index < -0.39 is 5.91 Å². The topological polar surface area (TPSA) is 141 Å². The number of fused-ring (bicyclic) bond motifs is 1. The number of nitrogens with two attached hydrogens (primary N) is 2. The molecule has 0 bridgehead atoms. The number of nitrogens with zero attached hydrogens (tertiary/aromatic N) is 3. The molecule has 4 rings (SSSR count). The van der Waals surface area contributed by atoms with Gasteiger partial charge in [0.25, 0.3) is 0 Å². The second-order valence-electron chi connectivity index (χ2n) is 7.99. The van der Waals surface area contributed by atoms with E-state index in [-0.39, 0.29) is 28.4 Å². The van der Waals surface area contributed by atoms with Crippen LogP contribution in [0.15, 0.2) is 71.7 Å². The maximum Gasteiger partial charge on any atom is 0.302 e. The van der Waals surface area contributed by atoms with Gasteiger partial charge in [0, 0.05) is 22.0 Å². The minimum absolute atomic E-state index is 0.00961. The molecule has 190 valence electrons. The fraction of sp³-hybridized carbons (Fsp3) is 0.154. The number of carbonyl (C=O) groups is 1. The van der Waals surface area contributed by atoms with Gasteiger partial charge in [-0.1, -0.05) is 60.1 Å². The third kappa shape index (κ3) is 7.20. The van der Waals surface area contributed by atoms with E-state index >= 15 is 0 Å². The van der Waals surface area contributed by atoms with E-state index in [9.17, 15) is 4.79 Å². The number of anilines is 2. The molecule has 0 aliphatic heterocycles. The average Bonchev–Trinajstić information content (AvgIpc) is 2.89. The van der Waals surface area contributed by atoms with Crippen molar-refractivity contribution in [3.63, 3.8) is 0 Å². The number of aromatic nitrogens is 2. The third-order valence-electron chi connectivity index (χ3n) is 5.31. The fourth-order valence-electron chi connectivity index (χ4n) is 3.48. The van der Waals surface area contributed by atoms with E-state index in [2.05, 4.69) is 48.2 Å². The van der Waals surface area contributed by atoms with E-state index in [0.717, 1.165) is 25.7 Å². The number of nitrogen functional groups attached to an aromatic ring is 1. The summed E-state index contributed by atoms with van der Waals surface area (Å²) >= 11 is 8.46. The first-order valence-corrected chi connectivity index (χ1v) is 12.9. The quantitative estimate of drug-likeness (QED) is 0.0912. The molecule has 0 aliphatic carbocycles. The highest BCUT2D eigenvalue weighted by Gasteiger charge is 2.17. The monoisotopic (exact) mass is 629 g/mol. The maximum absolute atomic E-state index is 12.6. The average molecular weight is 630 g/mol. The molecule has 0 atom stereocenters. The van der Waals surface area contributed by atoms with Gasteiger partial charge in [0.15, 0.2) is 28.4 Å². The second kappa shape index (κ2) is 12.5. The number of amides is 1. The molecule has 0 saturated carbocycles. The van der Waals surface area contributed by atoms with Crippen LogP contribution in [-0.4, -0.2) is 35.0 Å². The van der Waals surface area contributed by atoms with E-state index in [4.69, 9.17) is 27.8 Å². The Kier molecular flexibility index (Phi) is 8.96. The molecule has 0 radical (unpaired) electrons. The van der Waals surface area contributed by atoms with Gasteiger partial charge in [0.2, 0.25) is 0 Å². The van der Waals surface area contributed by atoms with Crippen LogP contribution in [-0.2, 0) is 6.54 Å². The summed E-state index contributed by atoms with van der Waals surface area (Å²) in [5, 5.41) is 8.14. The fourth-order valence-corrected chi connectivity index (χ4v) is 4.03. The zero-order valence-electron chi connectivity index (χ0n) is 19.7. The Hall–Kier alpha value is -3.64. The van der Waals surface area contributed by atoms with Crippen LogP contribution in [0.1, 0.15) is 22.5 Å². The highest BCUT2D eigenvalue weighted by molar-refractivity contribution is 14.1. The lowest BCUT2D eigenvalue weighted by Gasteiger charge is -2.11. The number of hydrogen-bond donors (Lipinski definition) is 4. The van der Waals surface area contributed by atoms with Crippen molar-refractivity contribution in [3.05, 3.63) is 86.7 Å². The Morgan fingerprint density at radius 1 is 1.05 bits per heavy atom. The molecule has 6 N–H and O–H groups in total. The summed E-state index contributed by atoms with van der Waals surface area (Å²) in [5.74, 6) is 0.189. The van der Waals surface area contributed by atoms with Gasteiger partial charge in [-0.05, 0) is 58.2 Å². The zero-order valence-corrected chi connectivity index (χ0v) is 22.7. The number of hydrogen-bond acceptors (Lipinski definition) is 6. The van der Waals surface area contributed by atoms with E-state index in [1.807, 2.05) is 66.7 Å². The maximum atomic E-state index is 12.6. The molecule has 3 aromatic carbocycles. The number of guanidine groups is 1. The molecule has 9 nitrogen and oxygen atoms in total. The number of aliphatic imine (C=N–C) groups is 1. The number of benzene rings is 3. The third-order valence-corrected chi connectivity index (χ3v) is 6.30. The van der Waals surface area contributed by atoms with Crippen LogP contribution in [0.25, 0.3) is 10.8 Å². The highest BCUT2D eigenvalue weighted by Crippen LogP contribution is 2.25. The molecule has 0 unspecified atom stereocenters. The zero-order chi connectivity index (χ0) is 26.2. The molecule has 0 spiro atoms. The first kappa shape index (κ1) is 26.4. The van der Waals surface area contributed by atoms with Gasteiger partial charge in [0.05, 0.1) is 6.61 Å². The summed E-state index contributed by atoms with van der Waals surface area (Å²) in [5.41, 5.74) is 12.7. The first-order valence-electron chi connectivity index (χ1n) is 11.4. The van der Waals surface area contributed by atoms with Gasteiger partial charge < -0.3 is 26.8 Å². The number of ether oxygens (including phenoxy) is 1. The molecule has 0 fully saturated rings. The predicted octanol–water partition coefficient (Wildman–Crippen LogP) is 4.60. The second-order valence-corrected chi connectivity index (χ2v) is 9.59. The predicted molar refractivity (Wildman–Crippen MR) is 156 cm³/mol. The minimum atomic E-state index is -0.743. The Labute approximate surface area is 232 Å². The summed E-state index contributed by atoms with van der Waals surface area (Å²) in [6.45, 7) is 1.39. The van der Waals surface area contributed by atoms with Gasteiger partial charge in [0.1, 0.15) is 5.75 Å². The van der Waals surface area contributed by atoms with Gasteiger partial charge in [-0.15, -0.1) is 0 Å². The van der Waals surface area contributed by atoms with Crippen molar-refractivity contribution < 1.29 is 9.53 Å². The van der Waals surface area contributed by atoms with Gasteiger partial charge >= 0.3 is 5.91 Å². The lowest BCUT2D eigenvalue weighted by atomic mass is 10.1. The van der Waals surface area contributed by atoms with Crippen LogP contribution in [0.5, 0.6) is 5.75 Å². The normalized spacial score (nSPS) is 11.4. The highest BCUT2D eigenvalue weighted by atomic mass is 127. The van der Waals surface area contributed by atoms with Crippen LogP contribution in [0.2, 0.25) is 5.15 Å². The Morgan fingerprint density at radius 2 is 1.81 bits per heavy atom. The smallest absolute Gasteiger partial charge is 0.302 e. The van der Waals surface area contributed by atoms with Gasteiger partial charge in [-0.25, -0.2) is 9.97 Å². The molecule has 1 amide bonds. The number of halogens is 2. The minimum Gasteiger partial charge on any atom is -0.493 e. The van der Waals surface area contributed by atoms with Crippen LogP contribution >= 0.6 is 34.2 Å². The largest absolute Gasteiger partial charge is 0.493 e. The lowest BCUT2D eigenvalue weighted by Crippen LogP contribution is -2.34.